The highest BCUT2D eigenvalue weighted by Gasteiger charge is 2.37. The van der Waals surface area contributed by atoms with E-state index in [4.69, 9.17) is 5.11 Å². The van der Waals surface area contributed by atoms with Gasteiger partial charge >= 0.3 is 12.0 Å². The van der Waals surface area contributed by atoms with Crippen LogP contribution in [-0.4, -0.2) is 23.1 Å². The van der Waals surface area contributed by atoms with Crippen molar-refractivity contribution in [1.82, 2.24) is 5.32 Å². The van der Waals surface area contributed by atoms with Gasteiger partial charge in [-0.3, -0.25) is 0 Å². The molecule has 2 amide bonds. The normalized spacial score (nSPS) is 15.6. The highest BCUT2D eigenvalue weighted by Crippen LogP contribution is 2.35. The average molecular weight is 471 g/mol. The maximum Gasteiger partial charge on any atom is 0.326 e. The lowest BCUT2D eigenvalue weighted by atomic mass is 10.2. The number of urea groups is 1. The third-order valence-electron chi connectivity index (χ3n) is 2.89. The average Bonchev–Trinajstić information content (AvgIpc) is 3.14. The van der Waals surface area contributed by atoms with Crippen LogP contribution in [0.2, 0.25) is 0 Å². The van der Waals surface area contributed by atoms with Crippen LogP contribution in [-0.2, 0) is 4.79 Å². The van der Waals surface area contributed by atoms with Gasteiger partial charge in [-0.25, -0.2) is 9.59 Å². The summed E-state index contributed by atoms with van der Waals surface area (Å²) >= 11 is 10.0. The molecule has 1 saturated carbocycles. The third-order valence-corrected chi connectivity index (χ3v) is 4.60. The molecule has 2 rings (SSSR count). The van der Waals surface area contributed by atoms with Crippen LogP contribution >= 0.6 is 47.8 Å². The molecule has 1 aromatic rings. The van der Waals surface area contributed by atoms with Gasteiger partial charge in [-0.15, -0.1) is 0 Å². The number of carbonyl (C=O) groups is 2. The van der Waals surface area contributed by atoms with Crippen molar-refractivity contribution in [3.63, 3.8) is 0 Å². The molecular weight excluding hydrogens is 460 g/mol. The number of halogens is 3. The molecule has 0 bridgehead atoms. The number of nitrogens with one attached hydrogen (secondary N) is 2. The molecule has 8 heteroatoms. The minimum Gasteiger partial charge on any atom is -0.480 e. The number of hydrogen-bond acceptors (Lipinski definition) is 2. The molecule has 0 radical (unpaired) electrons. The molecular formula is C12H11Br3N2O3. The van der Waals surface area contributed by atoms with Crippen LogP contribution in [0.1, 0.15) is 12.8 Å². The summed E-state index contributed by atoms with van der Waals surface area (Å²) in [7, 11) is 0. The Kier molecular flexibility index (Phi) is 5.09. The van der Waals surface area contributed by atoms with Crippen LogP contribution in [0.15, 0.2) is 25.6 Å². The van der Waals surface area contributed by atoms with Gasteiger partial charge in [0.1, 0.15) is 6.04 Å². The summed E-state index contributed by atoms with van der Waals surface area (Å²) in [5, 5.41) is 14.2. The molecule has 1 fully saturated rings. The van der Waals surface area contributed by atoms with E-state index < -0.39 is 18.0 Å². The first-order chi connectivity index (χ1) is 9.38. The van der Waals surface area contributed by atoms with Gasteiger partial charge in [0.15, 0.2) is 0 Å². The highest BCUT2D eigenvalue weighted by molar-refractivity contribution is 9.11. The Balaban J connectivity index is 2.06. The molecule has 0 saturated heterocycles. The lowest BCUT2D eigenvalue weighted by molar-refractivity contribution is -0.139. The van der Waals surface area contributed by atoms with Crippen molar-refractivity contribution in [2.45, 2.75) is 18.9 Å². The number of hydrogen-bond donors (Lipinski definition) is 3. The van der Waals surface area contributed by atoms with Crippen LogP contribution in [0.25, 0.3) is 0 Å². The Bertz CT molecular complexity index is 538. The SMILES string of the molecule is O=C(Nc1c(Br)cc(Br)cc1Br)NC(C(=O)O)C1CC1. The summed E-state index contributed by atoms with van der Waals surface area (Å²) in [6, 6.07) is 2.21. The van der Waals surface area contributed by atoms with Crippen molar-refractivity contribution in [3.05, 3.63) is 25.6 Å². The first-order valence-corrected chi connectivity index (χ1v) is 8.21. The maximum atomic E-state index is 11.9. The van der Waals surface area contributed by atoms with Gasteiger partial charge in [0, 0.05) is 13.4 Å². The zero-order valence-corrected chi connectivity index (χ0v) is 14.9. The second-order valence-electron chi connectivity index (χ2n) is 4.50. The number of aliphatic carboxylic acids is 1. The van der Waals surface area contributed by atoms with E-state index in [9.17, 15) is 9.59 Å². The Hall–Kier alpha value is -0.600. The van der Waals surface area contributed by atoms with E-state index in [0.717, 1.165) is 17.3 Å². The fourth-order valence-electron chi connectivity index (χ4n) is 1.76. The van der Waals surface area contributed by atoms with Gasteiger partial charge in [0.25, 0.3) is 0 Å². The fourth-order valence-corrected chi connectivity index (χ4v) is 4.22. The minimum absolute atomic E-state index is 0.0371. The van der Waals surface area contributed by atoms with Gasteiger partial charge < -0.3 is 15.7 Å². The van der Waals surface area contributed by atoms with Gasteiger partial charge in [-0.05, 0) is 62.8 Å². The minimum atomic E-state index is -1.00. The lowest BCUT2D eigenvalue weighted by Crippen LogP contribution is -2.44. The number of benzene rings is 1. The Labute approximate surface area is 140 Å². The van der Waals surface area contributed by atoms with E-state index >= 15 is 0 Å². The Morgan fingerprint density at radius 3 is 2.20 bits per heavy atom. The fraction of sp³-hybridized carbons (Fsp3) is 0.333. The molecule has 1 unspecified atom stereocenters. The lowest BCUT2D eigenvalue weighted by Gasteiger charge is -2.16. The second kappa shape index (κ2) is 6.44. The van der Waals surface area contributed by atoms with E-state index in [-0.39, 0.29) is 5.92 Å². The van der Waals surface area contributed by atoms with E-state index in [0.29, 0.717) is 14.6 Å². The molecule has 3 N–H and O–H groups in total. The zero-order valence-electron chi connectivity index (χ0n) is 10.1. The van der Waals surface area contributed by atoms with E-state index in [2.05, 4.69) is 58.4 Å². The molecule has 0 aromatic heterocycles. The van der Waals surface area contributed by atoms with Crippen LogP contribution in [0.3, 0.4) is 0 Å². The number of anilines is 1. The van der Waals surface area contributed by atoms with Crippen molar-refractivity contribution in [3.8, 4) is 0 Å². The number of amides is 2. The molecule has 0 heterocycles. The predicted octanol–water partition coefficient (Wildman–Crippen LogP) is 3.96. The summed E-state index contributed by atoms with van der Waals surface area (Å²) in [5.41, 5.74) is 0.547. The summed E-state index contributed by atoms with van der Waals surface area (Å²) in [4.78, 5) is 23.0. The van der Waals surface area contributed by atoms with Crippen molar-refractivity contribution in [2.75, 3.05) is 5.32 Å². The molecule has 1 atom stereocenters. The molecule has 1 aliphatic rings. The molecule has 1 aromatic carbocycles. The van der Waals surface area contributed by atoms with Gasteiger partial charge in [0.2, 0.25) is 0 Å². The molecule has 108 valence electrons. The summed E-state index contributed by atoms with van der Waals surface area (Å²) < 4.78 is 2.22. The number of carbonyl (C=O) groups excluding carboxylic acids is 1. The number of rotatable bonds is 4. The largest absolute Gasteiger partial charge is 0.480 e. The summed E-state index contributed by atoms with van der Waals surface area (Å²) in [6.07, 6.45) is 1.67. The van der Waals surface area contributed by atoms with Crippen LogP contribution < -0.4 is 10.6 Å². The van der Waals surface area contributed by atoms with Crippen molar-refractivity contribution < 1.29 is 14.7 Å². The standard InChI is InChI=1S/C12H11Br3N2O3/c13-6-3-7(14)10(8(15)4-6)17-12(20)16-9(11(18)19)5-1-2-5/h3-5,9H,1-2H2,(H,18,19)(H2,16,17,20). The van der Waals surface area contributed by atoms with Gasteiger partial charge in [-0.1, -0.05) is 15.9 Å². The molecule has 1 aliphatic carbocycles. The summed E-state index contributed by atoms with van der Waals surface area (Å²) in [5.74, 6) is -0.966. The first kappa shape index (κ1) is 15.8. The third kappa shape index (κ3) is 3.95. The topological polar surface area (TPSA) is 78.4 Å². The van der Waals surface area contributed by atoms with Crippen molar-refractivity contribution in [1.29, 1.82) is 0 Å². The van der Waals surface area contributed by atoms with E-state index in [1.165, 1.54) is 0 Å². The maximum absolute atomic E-state index is 11.9. The molecule has 20 heavy (non-hydrogen) atoms. The molecule has 0 spiro atoms. The second-order valence-corrected chi connectivity index (χ2v) is 7.12. The highest BCUT2D eigenvalue weighted by atomic mass is 79.9. The van der Waals surface area contributed by atoms with Gasteiger partial charge in [0.05, 0.1) is 5.69 Å². The predicted molar refractivity (Wildman–Crippen MR) is 85.8 cm³/mol. The quantitative estimate of drug-likeness (QED) is 0.623. The number of carboxylic acids is 1. The molecule has 5 nitrogen and oxygen atoms in total. The Morgan fingerprint density at radius 2 is 1.75 bits per heavy atom. The van der Waals surface area contributed by atoms with Crippen LogP contribution in [0.5, 0.6) is 0 Å². The molecule has 0 aliphatic heterocycles. The van der Waals surface area contributed by atoms with Crippen molar-refractivity contribution >= 4 is 65.5 Å². The van der Waals surface area contributed by atoms with Crippen LogP contribution in [0.4, 0.5) is 10.5 Å². The number of carboxylic acid groups (broad SMARTS) is 1. The van der Waals surface area contributed by atoms with E-state index in [1.807, 2.05) is 0 Å². The first-order valence-electron chi connectivity index (χ1n) is 5.83. The summed E-state index contributed by atoms with van der Waals surface area (Å²) in [6.45, 7) is 0. The smallest absolute Gasteiger partial charge is 0.326 e. The monoisotopic (exact) mass is 468 g/mol. The Morgan fingerprint density at radius 1 is 1.20 bits per heavy atom. The van der Waals surface area contributed by atoms with Crippen LogP contribution in [0, 0.1) is 5.92 Å². The van der Waals surface area contributed by atoms with Gasteiger partial charge in [-0.2, -0.15) is 0 Å². The zero-order chi connectivity index (χ0) is 14.9. The van der Waals surface area contributed by atoms with Crippen molar-refractivity contribution in [2.24, 2.45) is 5.92 Å². The van der Waals surface area contributed by atoms with E-state index in [1.54, 1.807) is 12.1 Å².